The summed E-state index contributed by atoms with van der Waals surface area (Å²) in [6.07, 6.45) is 0. The first-order valence-electron chi connectivity index (χ1n) is 7.33. The highest BCUT2D eigenvalue weighted by Crippen LogP contribution is 2.31. The summed E-state index contributed by atoms with van der Waals surface area (Å²) in [7, 11) is 1.38. The third-order valence-corrected chi connectivity index (χ3v) is 3.96. The molecule has 2 aromatic carbocycles. The molecule has 0 aromatic heterocycles. The second-order valence-corrected chi connectivity index (χ2v) is 5.29. The van der Waals surface area contributed by atoms with Crippen LogP contribution in [-0.4, -0.2) is 22.9 Å². The Kier molecular flexibility index (Phi) is 3.08. The van der Waals surface area contributed by atoms with Crippen LogP contribution < -0.4 is 0 Å². The van der Waals surface area contributed by atoms with Gasteiger partial charge in [-0.2, -0.15) is 5.10 Å². The van der Waals surface area contributed by atoms with Crippen LogP contribution in [0, 0.1) is 0 Å². The van der Waals surface area contributed by atoms with Gasteiger partial charge in [-0.15, -0.1) is 0 Å². The zero-order chi connectivity index (χ0) is 15.8. The van der Waals surface area contributed by atoms with E-state index in [1.165, 1.54) is 7.11 Å². The molecule has 1 aliphatic heterocycles. The second kappa shape index (κ2) is 5.25. The predicted molar refractivity (Wildman–Crippen MR) is 89.0 cm³/mol. The monoisotopic (exact) mass is 302 g/mol. The van der Waals surface area contributed by atoms with Crippen molar-refractivity contribution in [3.63, 3.8) is 0 Å². The van der Waals surface area contributed by atoms with Gasteiger partial charge in [-0.1, -0.05) is 30.3 Å². The summed E-state index contributed by atoms with van der Waals surface area (Å²) in [5.74, 6) is -0.341. The minimum absolute atomic E-state index is 0.341. The van der Waals surface area contributed by atoms with Gasteiger partial charge in [0.1, 0.15) is 0 Å². The van der Waals surface area contributed by atoms with E-state index < -0.39 is 0 Å². The number of methoxy groups -OCH3 is 1. The van der Waals surface area contributed by atoms with Gasteiger partial charge in [-0.25, -0.2) is 9.48 Å². The Balaban J connectivity index is 1.90. The van der Waals surface area contributed by atoms with Gasteiger partial charge in [0.25, 0.3) is 0 Å². The van der Waals surface area contributed by atoms with E-state index in [1.807, 2.05) is 47.1 Å². The molecule has 0 amide bonds. The van der Waals surface area contributed by atoms with Crippen LogP contribution in [0.3, 0.4) is 0 Å². The number of carbonyl (C=O) groups is 1. The highest BCUT2D eigenvalue weighted by atomic mass is 16.5. The minimum atomic E-state index is -0.341. The molecule has 4 rings (SSSR count). The lowest BCUT2D eigenvalue weighted by atomic mass is 10.1. The maximum Gasteiger partial charge on any atom is 0.337 e. The zero-order valence-corrected chi connectivity index (χ0v) is 12.6. The van der Waals surface area contributed by atoms with Gasteiger partial charge in [-0.3, -0.25) is 0 Å². The molecule has 2 aliphatic rings. The first-order valence-corrected chi connectivity index (χ1v) is 7.33. The molecule has 0 saturated carbocycles. The third-order valence-electron chi connectivity index (χ3n) is 3.96. The highest BCUT2D eigenvalue weighted by molar-refractivity contribution is 5.95. The number of esters is 1. The summed E-state index contributed by atoms with van der Waals surface area (Å²) in [6.45, 7) is 0. The maximum atomic E-state index is 11.6. The van der Waals surface area contributed by atoms with E-state index in [9.17, 15) is 4.79 Å². The van der Waals surface area contributed by atoms with Gasteiger partial charge in [0.05, 0.1) is 29.6 Å². The number of rotatable bonds is 2. The van der Waals surface area contributed by atoms with Crippen molar-refractivity contribution in [3.8, 4) is 16.9 Å². The van der Waals surface area contributed by atoms with Crippen LogP contribution in [0.1, 0.15) is 10.4 Å². The quantitative estimate of drug-likeness (QED) is 0.527. The van der Waals surface area contributed by atoms with E-state index in [4.69, 9.17) is 9.84 Å². The lowest BCUT2D eigenvalue weighted by molar-refractivity contribution is 0.0601. The molecule has 0 atom stereocenters. The Morgan fingerprint density at radius 2 is 1.74 bits per heavy atom. The van der Waals surface area contributed by atoms with Crippen molar-refractivity contribution in [2.75, 3.05) is 7.11 Å². The van der Waals surface area contributed by atoms with Crippen LogP contribution in [0.2, 0.25) is 0 Å². The average molecular weight is 302 g/mol. The SMILES string of the molecule is COC(=O)c1ccc(-n2nc3ccccc3c3cccc2-3)cc1. The molecule has 1 aliphatic carbocycles. The summed E-state index contributed by atoms with van der Waals surface area (Å²) in [5, 5.41) is 5.88. The van der Waals surface area contributed by atoms with Crippen molar-refractivity contribution in [1.82, 2.24) is 9.78 Å². The van der Waals surface area contributed by atoms with Crippen molar-refractivity contribution >= 4 is 16.9 Å². The van der Waals surface area contributed by atoms with Gasteiger partial charge in [0.15, 0.2) is 0 Å². The van der Waals surface area contributed by atoms with E-state index in [1.54, 1.807) is 12.1 Å². The first-order chi connectivity index (χ1) is 11.3. The second-order valence-electron chi connectivity index (χ2n) is 5.29. The summed E-state index contributed by atoms with van der Waals surface area (Å²) < 4.78 is 6.64. The summed E-state index contributed by atoms with van der Waals surface area (Å²) >= 11 is 0. The van der Waals surface area contributed by atoms with Crippen LogP contribution in [0.15, 0.2) is 66.7 Å². The minimum Gasteiger partial charge on any atom is -0.465 e. The summed E-state index contributed by atoms with van der Waals surface area (Å²) in [6, 6.07) is 21.5. The van der Waals surface area contributed by atoms with Crippen molar-refractivity contribution in [1.29, 1.82) is 0 Å². The molecule has 23 heavy (non-hydrogen) atoms. The van der Waals surface area contributed by atoms with Crippen LogP contribution >= 0.6 is 0 Å². The van der Waals surface area contributed by atoms with Crippen molar-refractivity contribution in [2.24, 2.45) is 0 Å². The number of benzene rings is 2. The van der Waals surface area contributed by atoms with Crippen LogP contribution in [0.4, 0.5) is 0 Å². The Labute approximate surface area is 133 Å². The van der Waals surface area contributed by atoms with Crippen molar-refractivity contribution in [2.45, 2.75) is 0 Å². The molecule has 0 N–H and O–H groups in total. The summed E-state index contributed by atoms with van der Waals surface area (Å²) in [4.78, 5) is 11.6. The number of fused-ring (bicyclic) bond motifs is 3. The standard InChI is InChI=1S/C19H14N2O2/c1-23-19(22)13-9-11-14(12-10-13)21-18-8-4-6-16(18)15-5-2-3-7-17(15)20-21/h2-12H,1H3. The molecule has 0 saturated heterocycles. The number of aromatic nitrogens is 2. The number of carbonyl (C=O) groups excluding carboxylic acids is 1. The number of nitrogens with zero attached hydrogens (tertiary/aromatic N) is 2. The fourth-order valence-electron chi connectivity index (χ4n) is 2.83. The van der Waals surface area contributed by atoms with Crippen LogP contribution in [0.5, 0.6) is 0 Å². The molecule has 4 heteroatoms. The van der Waals surface area contributed by atoms with Gasteiger partial charge >= 0.3 is 5.97 Å². The Morgan fingerprint density at radius 1 is 0.957 bits per heavy atom. The van der Waals surface area contributed by atoms with Crippen LogP contribution in [-0.2, 0) is 4.74 Å². The molecular formula is C19H14N2O2. The van der Waals surface area contributed by atoms with Crippen molar-refractivity contribution in [3.05, 3.63) is 72.3 Å². The number of hydrogen-bond donors (Lipinski definition) is 0. The molecule has 2 aromatic rings. The molecule has 1 heterocycles. The Bertz CT molecular complexity index is 970. The molecular weight excluding hydrogens is 288 g/mol. The molecule has 112 valence electrons. The fourth-order valence-corrected chi connectivity index (χ4v) is 2.83. The summed E-state index contributed by atoms with van der Waals surface area (Å²) in [5.41, 5.74) is 4.56. The average Bonchev–Trinajstić information content (AvgIpc) is 3.10. The van der Waals surface area contributed by atoms with E-state index in [0.717, 1.165) is 27.8 Å². The van der Waals surface area contributed by atoms with Crippen molar-refractivity contribution < 1.29 is 9.53 Å². The largest absolute Gasteiger partial charge is 0.465 e. The molecule has 0 unspecified atom stereocenters. The fraction of sp³-hybridized carbons (Fsp3) is 0.0526. The highest BCUT2D eigenvalue weighted by Gasteiger charge is 2.14. The smallest absolute Gasteiger partial charge is 0.337 e. The molecule has 0 radical (unpaired) electrons. The van der Waals surface area contributed by atoms with Gasteiger partial charge in [-0.05, 0) is 36.4 Å². The number of hydrogen-bond acceptors (Lipinski definition) is 3. The zero-order valence-electron chi connectivity index (χ0n) is 12.6. The van der Waals surface area contributed by atoms with E-state index >= 15 is 0 Å². The molecule has 4 nitrogen and oxygen atoms in total. The lowest BCUT2D eigenvalue weighted by Crippen LogP contribution is -2.06. The van der Waals surface area contributed by atoms with Gasteiger partial charge in [0, 0.05) is 10.9 Å². The topological polar surface area (TPSA) is 44.1 Å². The normalized spacial score (nSPS) is 11.0. The maximum absolute atomic E-state index is 11.6. The van der Waals surface area contributed by atoms with Crippen LogP contribution in [0.25, 0.3) is 27.8 Å². The van der Waals surface area contributed by atoms with Gasteiger partial charge in [0.2, 0.25) is 0 Å². The molecule has 0 fully saturated rings. The Morgan fingerprint density at radius 3 is 2.52 bits per heavy atom. The number of ether oxygens (including phenoxy) is 1. The molecule has 0 spiro atoms. The van der Waals surface area contributed by atoms with Gasteiger partial charge < -0.3 is 4.74 Å². The first kappa shape index (κ1) is 13.5. The lowest BCUT2D eigenvalue weighted by Gasteiger charge is -2.14. The van der Waals surface area contributed by atoms with E-state index in [2.05, 4.69) is 12.1 Å². The van der Waals surface area contributed by atoms with E-state index in [0.29, 0.717) is 5.56 Å². The third kappa shape index (κ3) is 2.16. The predicted octanol–water partition coefficient (Wildman–Crippen LogP) is 3.92. The molecule has 0 bridgehead atoms. The Hall–Kier alpha value is -3.14. The van der Waals surface area contributed by atoms with E-state index in [-0.39, 0.29) is 5.97 Å².